The molecule has 0 spiro atoms. The lowest BCUT2D eigenvalue weighted by Crippen LogP contribution is -2.12. The highest BCUT2D eigenvalue weighted by Crippen LogP contribution is 2.22. The number of thiophene rings is 1. The lowest BCUT2D eigenvalue weighted by molar-refractivity contribution is 0.0524. The average molecular weight is 370 g/mol. The quantitative estimate of drug-likeness (QED) is 0.790. The molecule has 0 fully saturated rings. The number of esters is 1. The molecule has 0 unspecified atom stereocenters. The van der Waals surface area contributed by atoms with Crippen molar-refractivity contribution in [3.63, 3.8) is 0 Å². The van der Waals surface area contributed by atoms with Gasteiger partial charge in [-0.2, -0.15) is 0 Å². The highest BCUT2D eigenvalue weighted by Gasteiger charge is 2.12. The summed E-state index contributed by atoms with van der Waals surface area (Å²) in [6.07, 6.45) is 2.41. The average Bonchev–Trinajstić information content (AvgIpc) is 2.85. The van der Waals surface area contributed by atoms with Crippen molar-refractivity contribution in [1.82, 2.24) is 9.97 Å². The molecule has 7 heteroatoms. The van der Waals surface area contributed by atoms with Crippen molar-refractivity contribution < 1.29 is 9.53 Å². The molecule has 0 atom stereocenters. The van der Waals surface area contributed by atoms with Crippen LogP contribution < -0.4 is 5.32 Å². The molecule has 5 nitrogen and oxygen atoms in total. The van der Waals surface area contributed by atoms with Crippen LogP contribution in [-0.4, -0.2) is 29.1 Å². The number of carbonyl (C=O) groups is 1. The maximum absolute atomic E-state index is 11.7. The number of hydrogen-bond donors (Lipinski definition) is 1. The second-order valence-corrected chi connectivity index (χ2v) is 6.84. The first-order valence-corrected chi connectivity index (χ1v) is 8.20. The number of hydrogen-bond acceptors (Lipinski definition) is 6. The summed E-state index contributed by atoms with van der Waals surface area (Å²) < 4.78 is 6.08. The van der Waals surface area contributed by atoms with E-state index in [9.17, 15) is 4.79 Å². The van der Waals surface area contributed by atoms with Crippen LogP contribution in [0.1, 0.15) is 27.9 Å². The van der Waals surface area contributed by atoms with Crippen LogP contribution in [0.15, 0.2) is 22.1 Å². The van der Waals surface area contributed by atoms with Crippen LogP contribution in [0, 0.1) is 6.92 Å². The van der Waals surface area contributed by atoms with E-state index in [4.69, 9.17) is 4.74 Å². The number of nitrogens with one attached hydrogen (secondary N) is 1. The fourth-order valence-electron chi connectivity index (χ4n) is 1.75. The molecule has 2 aromatic rings. The van der Waals surface area contributed by atoms with Crippen molar-refractivity contribution in [1.29, 1.82) is 0 Å². The van der Waals surface area contributed by atoms with Gasteiger partial charge in [0.1, 0.15) is 0 Å². The Kier molecular flexibility index (Phi) is 5.69. The maximum atomic E-state index is 11.7. The third-order valence-corrected chi connectivity index (χ3v) is 4.44. The molecule has 2 rings (SSSR count). The molecule has 0 radical (unpaired) electrons. The van der Waals surface area contributed by atoms with Crippen LogP contribution in [0.2, 0.25) is 0 Å². The molecule has 2 aromatic heterocycles. The van der Waals surface area contributed by atoms with Crippen LogP contribution in [0.5, 0.6) is 0 Å². The zero-order chi connectivity index (χ0) is 15.2. The normalized spacial score (nSPS) is 10.4. The highest BCUT2D eigenvalue weighted by atomic mass is 79.9. The molecular weight excluding hydrogens is 354 g/mol. The van der Waals surface area contributed by atoms with Gasteiger partial charge in [-0.25, -0.2) is 14.8 Å². The van der Waals surface area contributed by atoms with E-state index in [1.807, 2.05) is 6.07 Å². The Bertz CT molecular complexity index is 630. The molecule has 0 aromatic carbocycles. The maximum Gasteiger partial charge on any atom is 0.341 e. The number of halogens is 1. The number of aromatic nitrogens is 2. The van der Waals surface area contributed by atoms with Gasteiger partial charge in [0, 0.05) is 17.6 Å². The summed E-state index contributed by atoms with van der Waals surface area (Å²) >= 11 is 5.15. The molecule has 0 saturated carbocycles. The standard InChI is InChI=1S/C14H16BrN3O2S/c1-3-20-13(19)11-8-17-14(18-9(11)2)16-7-6-10-4-5-12(15)21-10/h4-5,8H,3,6-7H2,1-2H3,(H,16,17,18). The molecule has 21 heavy (non-hydrogen) atoms. The zero-order valence-corrected chi connectivity index (χ0v) is 14.3. The second kappa shape index (κ2) is 7.51. The molecule has 1 N–H and O–H groups in total. The summed E-state index contributed by atoms with van der Waals surface area (Å²) in [5, 5.41) is 3.16. The number of carbonyl (C=O) groups excluding carboxylic acids is 1. The smallest absolute Gasteiger partial charge is 0.341 e. The second-order valence-electron chi connectivity index (χ2n) is 4.30. The molecule has 0 bridgehead atoms. The number of aryl methyl sites for hydroxylation is 1. The summed E-state index contributed by atoms with van der Waals surface area (Å²) in [6, 6.07) is 4.13. The van der Waals surface area contributed by atoms with Gasteiger partial charge in [0.15, 0.2) is 0 Å². The van der Waals surface area contributed by atoms with Crippen molar-refractivity contribution in [3.05, 3.63) is 38.3 Å². The fraction of sp³-hybridized carbons (Fsp3) is 0.357. The van der Waals surface area contributed by atoms with Crippen molar-refractivity contribution in [3.8, 4) is 0 Å². The fourth-order valence-corrected chi connectivity index (χ4v) is 3.23. The molecule has 0 aliphatic heterocycles. The first-order chi connectivity index (χ1) is 10.1. The number of anilines is 1. The van der Waals surface area contributed by atoms with Crippen LogP contribution in [0.4, 0.5) is 5.95 Å². The van der Waals surface area contributed by atoms with Gasteiger partial charge in [-0.05, 0) is 48.3 Å². The molecule has 2 heterocycles. The van der Waals surface area contributed by atoms with E-state index in [2.05, 4.69) is 37.3 Å². The summed E-state index contributed by atoms with van der Waals surface area (Å²) in [4.78, 5) is 21.4. The Balaban J connectivity index is 1.92. The third kappa shape index (κ3) is 4.50. The summed E-state index contributed by atoms with van der Waals surface area (Å²) in [7, 11) is 0. The van der Waals surface area contributed by atoms with Crippen molar-refractivity contribution in [2.45, 2.75) is 20.3 Å². The molecule has 0 aliphatic carbocycles. The molecule has 0 aliphatic rings. The largest absolute Gasteiger partial charge is 0.462 e. The van der Waals surface area contributed by atoms with Gasteiger partial charge in [-0.3, -0.25) is 0 Å². The van der Waals surface area contributed by atoms with E-state index in [0.717, 1.165) is 16.8 Å². The van der Waals surface area contributed by atoms with E-state index < -0.39 is 0 Å². The van der Waals surface area contributed by atoms with Gasteiger partial charge in [0.05, 0.1) is 21.7 Å². The van der Waals surface area contributed by atoms with E-state index in [1.54, 1.807) is 25.2 Å². The summed E-state index contributed by atoms with van der Waals surface area (Å²) in [5.41, 5.74) is 1.02. The van der Waals surface area contributed by atoms with E-state index in [-0.39, 0.29) is 5.97 Å². The molecule has 112 valence electrons. The topological polar surface area (TPSA) is 64.1 Å². The molecule has 0 saturated heterocycles. The van der Waals surface area contributed by atoms with Gasteiger partial charge in [0.2, 0.25) is 5.95 Å². The van der Waals surface area contributed by atoms with E-state index >= 15 is 0 Å². The number of rotatable bonds is 6. The third-order valence-electron chi connectivity index (χ3n) is 2.76. The predicted octanol–water partition coefficient (Wildman–Crippen LogP) is 3.44. The molecule has 0 amide bonds. The minimum atomic E-state index is -0.384. The SMILES string of the molecule is CCOC(=O)c1cnc(NCCc2ccc(Br)s2)nc1C. The number of nitrogens with zero attached hydrogens (tertiary/aromatic N) is 2. The van der Waals surface area contributed by atoms with Crippen LogP contribution in [-0.2, 0) is 11.2 Å². The predicted molar refractivity (Wildman–Crippen MR) is 86.9 cm³/mol. The van der Waals surface area contributed by atoms with Gasteiger partial charge < -0.3 is 10.1 Å². The Morgan fingerprint density at radius 1 is 1.48 bits per heavy atom. The lowest BCUT2D eigenvalue weighted by atomic mass is 10.2. The van der Waals surface area contributed by atoms with Gasteiger partial charge in [-0.15, -0.1) is 11.3 Å². The first kappa shape index (κ1) is 15.9. The van der Waals surface area contributed by atoms with Gasteiger partial charge >= 0.3 is 5.97 Å². The minimum Gasteiger partial charge on any atom is -0.462 e. The van der Waals surface area contributed by atoms with E-state index in [0.29, 0.717) is 23.8 Å². The Hall–Kier alpha value is -1.47. The zero-order valence-electron chi connectivity index (χ0n) is 11.9. The Morgan fingerprint density at radius 3 is 2.90 bits per heavy atom. The highest BCUT2D eigenvalue weighted by molar-refractivity contribution is 9.11. The van der Waals surface area contributed by atoms with Crippen LogP contribution in [0.3, 0.4) is 0 Å². The van der Waals surface area contributed by atoms with Gasteiger partial charge in [0.25, 0.3) is 0 Å². The number of ether oxygens (including phenoxy) is 1. The van der Waals surface area contributed by atoms with Crippen molar-refractivity contribution in [2.75, 3.05) is 18.5 Å². The lowest BCUT2D eigenvalue weighted by Gasteiger charge is -2.07. The van der Waals surface area contributed by atoms with Gasteiger partial charge in [-0.1, -0.05) is 0 Å². The Labute approximate surface area is 135 Å². The van der Waals surface area contributed by atoms with Crippen molar-refractivity contribution in [2.24, 2.45) is 0 Å². The summed E-state index contributed by atoms with van der Waals surface area (Å²) in [5.74, 6) is 0.140. The first-order valence-electron chi connectivity index (χ1n) is 6.59. The van der Waals surface area contributed by atoms with Crippen LogP contribution >= 0.6 is 27.3 Å². The minimum absolute atomic E-state index is 0.342. The van der Waals surface area contributed by atoms with Crippen molar-refractivity contribution >= 4 is 39.2 Å². The van der Waals surface area contributed by atoms with E-state index in [1.165, 1.54) is 11.1 Å². The Morgan fingerprint density at radius 2 is 2.29 bits per heavy atom. The molecular formula is C14H16BrN3O2S. The van der Waals surface area contributed by atoms with Crippen LogP contribution in [0.25, 0.3) is 0 Å². The monoisotopic (exact) mass is 369 g/mol. The summed E-state index contributed by atoms with van der Waals surface area (Å²) in [6.45, 7) is 4.63.